The molecule has 0 saturated carbocycles. The summed E-state index contributed by atoms with van der Waals surface area (Å²) in [7, 11) is 0. The lowest BCUT2D eigenvalue weighted by atomic mass is 10.1. The number of rotatable bonds is 6. The summed E-state index contributed by atoms with van der Waals surface area (Å²) < 4.78 is 6.62. The fourth-order valence-electron chi connectivity index (χ4n) is 3.42. The summed E-state index contributed by atoms with van der Waals surface area (Å²) in [6.07, 6.45) is 2.71. The summed E-state index contributed by atoms with van der Waals surface area (Å²) in [6.45, 7) is 4.61. The molecule has 1 heterocycles. The van der Waals surface area contributed by atoms with Crippen molar-refractivity contribution in [1.82, 2.24) is 0 Å². The van der Waals surface area contributed by atoms with Crippen LogP contribution >= 0.6 is 24.0 Å². The summed E-state index contributed by atoms with van der Waals surface area (Å²) in [5.74, 6) is 0.645. The van der Waals surface area contributed by atoms with Crippen LogP contribution in [-0.2, 0) is 17.8 Å². The minimum atomic E-state index is -0.0933. The number of nitrogens with zero attached hydrogens (tertiary/aromatic N) is 1. The first-order valence-corrected chi connectivity index (χ1v) is 11.4. The van der Waals surface area contributed by atoms with Gasteiger partial charge in [-0.05, 0) is 42.7 Å². The third-order valence-corrected chi connectivity index (χ3v) is 6.43. The molecule has 0 N–H and O–H groups in total. The fraction of sp³-hybridized carbons (Fsp3) is 0.154. The molecule has 1 aliphatic heterocycles. The maximum Gasteiger partial charge on any atom is 0.270 e. The Morgan fingerprint density at radius 1 is 1.00 bits per heavy atom. The lowest BCUT2D eigenvalue weighted by Gasteiger charge is -2.18. The number of ether oxygens (including phenoxy) is 1. The highest BCUT2D eigenvalue weighted by Gasteiger charge is 2.34. The van der Waals surface area contributed by atoms with Crippen molar-refractivity contribution in [3.63, 3.8) is 0 Å². The summed E-state index contributed by atoms with van der Waals surface area (Å²) in [5, 5.41) is 0. The maximum absolute atomic E-state index is 13.2. The minimum absolute atomic E-state index is 0.0933. The maximum atomic E-state index is 13.2. The lowest BCUT2D eigenvalue weighted by Crippen LogP contribution is -2.28. The van der Waals surface area contributed by atoms with E-state index in [2.05, 4.69) is 38.1 Å². The van der Waals surface area contributed by atoms with E-state index in [0.29, 0.717) is 15.8 Å². The molecule has 5 heteroatoms. The quantitative estimate of drug-likeness (QED) is 0.318. The number of amides is 1. The number of benzene rings is 3. The predicted molar refractivity (Wildman–Crippen MR) is 133 cm³/mol. The highest BCUT2D eigenvalue weighted by Crippen LogP contribution is 2.38. The molecule has 31 heavy (non-hydrogen) atoms. The second-order valence-corrected chi connectivity index (χ2v) is 8.99. The van der Waals surface area contributed by atoms with Crippen molar-refractivity contribution >= 4 is 46.0 Å². The van der Waals surface area contributed by atoms with Crippen LogP contribution in [0.3, 0.4) is 0 Å². The lowest BCUT2D eigenvalue weighted by molar-refractivity contribution is -0.113. The van der Waals surface area contributed by atoms with E-state index in [9.17, 15) is 4.79 Å². The average Bonchev–Trinajstić information content (AvgIpc) is 3.06. The van der Waals surface area contributed by atoms with Crippen molar-refractivity contribution in [2.24, 2.45) is 0 Å². The van der Waals surface area contributed by atoms with Crippen molar-refractivity contribution in [1.29, 1.82) is 0 Å². The molecule has 0 aromatic heterocycles. The van der Waals surface area contributed by atoms with E-state index in [0.717, 1.165) is 34.5 Å². The van der Waals surface area contributed by atoms with Crippen LogP contribution in [0.2, 0.25) is 0 Å². The minimum Gasteiger partial charge on any atom is -0.488 e. The molecule has 1 fully saturated rings. The molecule has 3 aromatic carbocycles. The summed E-state index contributed by atoms with van der Waals surface area (Å²) in [6, 6.07) is 23.9. The molecule has 0 spiro atoms. The van der Waals surface area contributed by atoms with Crippen LogP contribution in [0.15, 0.2) is 77.7 Å². The van der Waals surface area contributed by atoms with Gasteiger partial charge < -0.3 is 4.74 Å². The second-order valence-electron chi connectivity index (χ2n) is 7.31. The molecule has 0 bridgehead atoms. The van der Waals surface area contributed by atoms with Gasteiger partial charge in [0.15, 0.2) is 4.32 Å². The van der Waals surface area contributed by atoms with Crippen LogP contribution in [0, 0.1) is 6.92 Å². The smallest absolute Gasteiger partial charge is 0.270 e. The Balaban J connectivity index is 1.58. The predicted octanol–water partition coefficient (Wildman–Crippen LogP) is 6.54. The normalized spacial score (nSPS) is 15.0. The number of thiocarbonyl (C=S) groups is 1. The first-order valence-electron chi connectivity index (χ1n) is 10.2. The fourth-order valence-corrected chi connectivity index (χ4v) is 4.70. The molecule has 0 radical (unpaired) electrons. The molecule has 3 nitrogen and oxygen atoms in total. The number of hydrogen-bond donors (Lipinski definition) is 0. The Bertz CT molecular complexity index is 1150. The Morgan fingerprint density at radius 3 is 2.48 bits per heavy atom. The van der Waals surface area contributed by atoms with Crippen molar-refractivity contribution < 1.29 is 9.53 Å². The van der Waals surface area contributed by atoms with Crippen LogP contribution < -0.4 is 9.64 Å². The second kappa shape index (κ2) is 9.50. The van der Waals surface area contributed by atoms with E-state index < -0.39 is 0 Å². The van der Waals surface area contributed by atoms with E-state index in [4.69, 9.17) is 17.0 Å². The first kappa shape index (κ1) is 21.3. The van der Waals surface area contributed by atoms with Crippen LogP contribution in [0.25, 0.3) is 6.08 Å². The monoisotopic (exact) mass is 445 g/mol. The number of carbonyl (C=O) groups excluding carboxylic acids is 1. The molecular formula is C26H23NO2S2. The van der Waals surface area contributed by atoms with Gasteiger partial charge in [0.2, 0.25) is 0 Å². The molecule has 156 valence electrons. The van der Waals surface area contributed by atoms with Gasteiger partial charge >= 0.3 is 0 Å². The van der Waals surface area contributed by atoms with Crippen molar-refractivity contribution in [2.45, 2.75) is 26.9 Å². The number of carbonyl (C=O) groups is 1. The Hall–Kier alpha value is -2.89. The van der Waals surface area contributed by atoms with E-state index in [1.54, 1.807) is 4.90 Å². The summed E-state index contributed by atoms with van der Waals surface area (Å²) >= 11 is 6.88. The third-order valence-electron chi connectivity index (χ3n) is 5.13. The van der Waals surface area contributed by atoms with Gasteiger partial charge in [-0.1, -0.05) is 97.1 Å². The van der Waals surface area contributed by atoms with E-state index in [1.807, 2.05) is 54.6 Å². The zero-order valence-corrected chi connectivity index (χ0v) is 19.1. The van der Waals surface area contributed by atoms with Gasteiger partial charge in [-0.25, -0.2) is 0 Å². The average molecular weight is 446 g/mol. The number of thioether (sulfide) groups is 1. The van der Waals surface area contributed by atoms with Gasteiger partial charge in [-0.15, -0.1) is 0 Å². The molecule has 1 aliphatic rings. The van der Waals surface area contributed by atoms with E-state index >= 15 is 0 Å². The van der Waals surface area contributed by atoms with Crippen molar-refractivity contribution in [3.8, 4) is 5.75 Å². The topological polar surface area (TPSA) is 29.5 Å². The number of anilines is 1. The largest absolute Gasteiger partial charge is 0.488 e. The summed E-state index contributed by atoms with van der Waals surface area (Å²) in [5.41, 5.74) is 5.14. The highest BCUT2D eigenvalue weighted by molar-refractivity contribution is 8.27. The highest BCUT2D eigenvalue weighted by atomic mass is 32.2. The molecule has 1 amide bonds. The number of aryl methyl sites for hydroxylation is 2. The van der Waals surface area contributed by atoms with Crippen LogP contribution in [-0.4, -0.2) is 10.2 Å². The van der Waals surface area contributed by atoms with Gasteiger partial charge in [0.05, 0.1) is 10.6 Å². The van der Waals surface area contributed by atoms with Crippen LogP contribution in [0.1, 0.15) is 29.2 Å². The zero-order chi connectivity index (χ0) is 21.8. The zero-order valence-electron chi connectivity index (χ0n) is 17.5. The molecular weight excluding hydrogens is 422 g/mol. The number of para-hydroxylation sites is 2. The third kappa shape index (κ3) is 4.73. The molecule has 0 atom stereocenters. The van der Waals surface area contributed by atoms with E-state index in [1.165, 1.54) is 17.3 Å². The Labute approximate surface area is 192 Å². The molecule has 1 saturated heterocycles. The molecule has 0 unspecified atom stereocenters. The Morgan fingerprint density at radius 2 is 1.71 bits per heavy atom. The van der Waals surface area contributed by atoms with Crippen molar-refractivity contribution in [2.75, 3.05) is 4.90 Å². The molecule has 3 aromatic rings. The molecule has 0 aliphatic carbocycles. The first-order chi connectivity index (χ1) is 15.1. The standard InChI is InChI=1S/C26H23NO2S2/c1-3-20-8-4-6-10-22(20)27-25(28)24(31-26(27)30)16-21-9-5-7-11-23(21)29-17-19-14-12-18(2)13-15-19/h4-16H,3,17H2,1-2H3. The van der Waals surface area contributed by atoms with Crippen molar-refractivity contribution in [3.05, 3.63) is 100.0 Å². The van der Waals surface area contributed by atoms with Crippen LogP contribution in [0.5, 0.6) is 5.75 Å². The SMILES string of the molecule is CCc1ccccc1N1C(=O)C(=Cc2ccccc2OCc2ccc(C)cc2)SC1=S. The Kier molecular flexibility index (Phi) is 6.54. The van der Waals surface area contributed by atoms with Gasteiger partial charge in [-0.3, -0.25) is 9.69 Å². The number of hydrogen-bond acceptors (Lipinski definition) is 4. The van der Waals surface area contributed by atoms with E-state index in [-0.39, 0.29) is 5.91 Å². The molecule has 4 rings (SSSR count). The van der Waals surface area contributed by atoms with Gasteiger partial charge in [0, 0.05) is 5.56 Å². The van der Waals surface area contributed by atoms with Gasteiger partial charge in [-0.2, -0.15) is 0 Å². The summed E-state index contributed by atoms with van der Waals surface area (Å²) in [4.78, 5) is 15.5. The van der Waals surface area contributed by atoms with Crippen LogP contribution in [0.4, 0.5) is 5.69 Å². The van der Waals surface area contributed by atoms with Gasteiger partial charge in [0.1, 0.15) is 12.4 Å². The van der Waals surface area contributed by atoms with Gasteiger partial charge in [0.25, 0.3) is 5.91 Å².